The summed E-state index contributed by atoms with van der Waals surface area (Å²) in [6.07, 6.45) is 7.25. The van der Waals surface area contributed by atoms with E-state index in [0.717, 1.165) is 11.3 Å². The monoisotopic (exact) mass is 344 g/mol. The van der Waals surface area contributed by atoms with Crippen molar-refractivity contribution in [2.24, 2.45) is 11.3 Å². The largest absolute Gasteiger partial charge is 0.372 e. The van der Waals surface area contributed by atoms with E-state index in [9.17, 15) is 0 Å². The second-order valence-electron chi connectivity index (χ2n) is 7.79. The molecule has 4 rings (SSSR count). The number of aryl methyl sites for hydroxylation is 1. The molecule has 2 heteroatoms. The van der Waals surface area contributed by atoms with Gasteiger partial charge in [-0.05, 0) is 56.1 Å². The maximum atomic E-state index is 2.73. The molecular weight excluding hydrogens is 304 g/mol. The third kappa shape index (κ3) is 5.00. The van der Waals surface area contributed by atoms with Crippen LogP contribution >= 0.6 is 0 Å². The lowest BCUT2D eigenvalue weighted by Crippen LogP contribution is -2.60. The van der Waals surface area contributed by atoms with Crippen molar-refractivity contribution in [1.29, 1.82) is 0 Å². The molecule has 1 aromatic carbocycles. The van der Waals surface area contributed by atoms with Gasteiger partial charge in [0.15, 0.2) is 0 Å². The zero-order valence-electron chi connectivity index (χ0n) is 17.4. The summed E-state index contributed by atoms with van der Waals surface area (Å²) in [5.74, 6) is 0.934. The molecule has 0 N–H and O–H groups in total. The van der Waals surface area contributed by atoms with Crippen molar-refractivity contribution in [2.75, 3.05) is 37.6 Å². The average Bonchev–Trinajstić information content (AvgIpc) is 2.61. The molecule has 3 aliphatic rings. The van der Waals surface area contributed by atoms with Crippen molar-refractivity contribution < 1.29 is 0 Å². The van der Waals surface area contributed by atoms with Crippen LogP contribution in [0.25, 0.3) is 0 Å². The van der Waals surface area contributed by atoms with Gasteiger partial charge in [-0.2, -0.15) is 0 Å². The Balaban J connectivity index is 0.000000528. The van der Waals surface area contributed by atoms with Gasteiger partial charge in [-0.25, -0.2) is 0 Å². The Bertz CT molecular complexity index is 473. The molecular formula is C23H40N2. The van der Waals surface area contributed by atoms with Crippen LogP contribution in [0.2, 0.25) is 0 Å². The van der Waals surface area contributed by atoms with Crippen molar-refractivity contribution in [3.63, 3.8) is 0 Å². The summed E-state index contributed by atoms with van der Waals surface area (Å²) in [7, 11) is 0. The van der Waals surface area contributed by atoms with Gasteiger partial charge in [0.25, 0.3) is 0 Å². The maximum Gasteiger partial charge on any atom is 0.0366 e. The van der Waals surface area contributed by atoms with Crippen LogP contribution in [0.5, 0.6) is 0 Å². The third-order valence-corrected chi connectivity index (χ3v) is 6.06. The number of rotatable bonds is 3. The molecule has 0 unspecified atom stereocenters. The number of hydrogen-bond donors (Lipinski definition) is 0. The van der Waals surface area contributed by atoms with Crippen LogP contribution in [0.1, 0.15) is 65.4 Å². The molecule has 142 valence electrons. The Morgan fingerprint density at radius 2 is 1.48 bits per heavy atom. The lowest BCUT2D eigenvalue weighted by Gasteiger charge is -2.57. The quantitative estimate of drug-likeness (QED) is 0.689. The summed E-state index contributed by atoms with van der Waals surface area (Å²) < 4.78 is 0. The van der Waals surface area contributed by atoms with Crippen molar-refractivity contribution >= 4 is 5.69 Å². The fourth-order valence-electron chi connectivity index (χ4n) is 4.52. The number of nitrogens with zero attached hydrogens (tertiary/aromatic N) is 2. The Labute approximate surface area is 156 Å². The first kappa shape index (κ1) is 20.3. The second-order valence-corrected chi connectivity index (χ2v) is 7.79. The average molecular weight is 345 g/mol. The molecule has 0 amide bonds. The highest BCUT2D eigenvalue weighted by molar-refractivity contribution is 5.47. The van der Waals surface area contributed by atoms with E-state index in [1.807, 2.05) is 27.7 Å². The summed E-state index contributed by atoms with van der Waals surface area (Å²) in [4.78, 5) is 5.30. The fraction of sp³-hybridized carbons (Fsp3) is 0.739. The van der Waals surface area contributed by atoms with E-state index in [0.29, 0.717) is 0 Å². The van der Waals surface area contributed by atoms with E-state index in [1.165, 1.54) is 76.1 Å². The van der Waals surface area contributed by atoms with Gasteiger partial charge < -0.3 is 9.80 Å². The van der Waals surface area contributed by atoms with E-state index in [4.69, 9.17) is 0 Å². The minimum atomic E-state index is 0.794. The molecule has 0 radical (unpaired) electrons. The summed E-state index contributed by atoms with van der Waals surface area (Å²) in [6, 6.07) is 9.04. The highest BCUT2D eigenvalue weighted by atomic mass is 15.2. The van der Waals surface area contributed by atoms with Gasteiger partial charge in [0, 0.05) is 38.4 Å². The van der Waals surface area contributed by atoms with Crippen LogP contribution in [0.4, 0.5) is 5.69 Å². The van der Waals surface area contributed by atoms with Crippen LogP contribution in [0.15, 0.2) is 24.3 Å². The van der Waals surface area contributed by atoms with Crippen LogP contribution in [0, 0.1) is 18.3 Å². The van der Waals surface area contributed by atoms with Crippen molar-refractivity contribution in [3.05, 3.63) is 29.8 Å². The number of anilines is 1. The predicted octanol–water partition coefficient (Wildman–Crippen LogP) is 5.75. The van der Waals surface area contributed by atoms with E-state index in [-0.39, 0.29) is 0 Å². The molecule has 1 aromatic rings. The zero-order chi connectivity index (χ0) is 18.3. The van der Waals surface area contributed by atoms with Gasteiger partial charge in [-0.1, -0.05) is 51.8 Å². The third-order valence-electron chi connectivity index (χ3n) is 6.06. The van der Waals surface area contributed by atoms with Gasteiger partial charge in [-0.15, -0.1) is 0 Å². The van der Waals surface area contributed by atoms with Crippen LogP contribution in [-0.4, -0.2) is 37.6 Å². The Morgan fingerprint density at radius 1 is 0.920 bits per heavy atom. The number of piperidine rings is 1. The maximum absolute atomic E-state index is 2.73. The lowest BCUT2D eigenvalue weighted by molar-refractivity contribution is -0.0676. The summed E-state index contributed by atoms with van der Waals surface area (Å²) >= 11 is 0. The van der Waals surface area contributed by atoms with Crippen molar-refractivity contribution in [3.8, 4) is 0 Å². The topological polar surface area (TPSA) is 6.48 Å². The molecule has 0 bridgehead atoms. The first-order valence-electron chi connectivity index (χ1n) is 10.8. The Hall–Kier alpha value is -1.02. The van der Waals surface area contributed by atoms with Crippen molar-refractivity contribution in [2.45, 2.75) is 66.7 Å². The van der Waals surface area contributed by atoms with Crippen LogP contribution in [0.3, 0.4) is 0 Å². The molecule has 2 heterocycles. The molecule has 3 fully saturated rings. The molecule has 1 aliphatic carbocycles. The molecule has 2 aliphatic heterocycles. The molecule has 1 spiro atoms. The minimum Gasteiger partial charge on any atom is -0.372 e. The molecule has 25 heavy (non-hydrogen) atoms. The number of likely N-dealkylation sites (tertiary alicyclic amines) is 1. The van der Waals surface area contributed by atoms with E-state index < -0.39 is 0 Å². The number of benzene rings is 1. The zero-order valence-corrected chi connectivity index (χ0v) is 17.4. The van der Waals surface area contributed by atoms with Crippen LogP contribution < -0.4 is 4.90 Å². The summed E-state index contributed by atoms with van der Waals surface area (Å²) in [5.41, 5.74) is 3.57. The highest BCUT2D eigenvalue weighted by Crippen LogP contribution is 2.48. The molecule has 0 atom stereocenters. The van der Waals surface area contributed by atoms with E-state index >= 15 is 0 Å². The standard InChI is InChI=1S/C19H28N2.2C2H6/c1-16-3-5-18(6-4-16)21-11-7-17(8-12-21)13-20-14-19(15-20)9-2-10-19;2*1-2/h3-6,17H,2,7-15H2,1H3;2*1-2H3. The predicted molar refractivity (Wildman–Crippen MR) is 112 cm³/mol. The summed E-state index contributed by atoms with van der Waals surface area (Å²) in [6.45, 7) is 16.8. The smallest absolute Gasteiger partial charge is 0.0366 e. The van der Waals surface area contributed by atoms with Gasteiger partial charge >= 0.3 is 0 Å². The van der Waals surface area contributed by atoms with E-state index in [1.54, 1.807) is 0 Å². The first-order chi connectivity index (χ1) is 12.2. The normalized spacial score (nSPS) is 22.0. The first-order valence-corrected chi connectivity index (χ1v) is 10.8. The molecule has 1 saturated carbocycles. The van der Waals surface area contributed by atoms with Gasteiger partial charge in [0.1, 0.15) is 0 Å². The molecule has 2 nitrogen and oxygen atoms in total. The van der Waals surface area contributed by atoms with Gasteiger partial charge in [0.05, 0.1) is 0 Å². The van der Waals surface area contributed by atoms with Gasteiger partial charge in [-0.3, -0.25) is 0 Å². The minimum absolute atomic E-state index is 0.794. The molecule has 2 saturated heterocycles. The molecule has 0 aromatic heterocycles. The van der Waals surface area contributed by atoms with Crippen molar-refractivity contribution in [1.82, 2.24) is 4.90 Å². The van der Waals surface area contributed by atoms with Gasteiger partial charge in [0.2, 0.25) is 0 Å². The SMILES string of the molecule is CC.CC.Cc1ccc(N2CCC(CN3CC4(CCC4)C3)CC2)cc1. The lowest BCUT2D eigenvalue weighted by atomic mass is 9.63. The Kier molecular flexibility index (Phi) is 7.81. The highest BCUT2D eigenvalue weighted by Gasteiger charge is 2.47. The fourth-order valence-corrected chi connectivity index (χ4v) is 4.52. The second kappa shape index (κ2) is 9.62. The summed E-state index contributed by atoms with van der Waals surface area (Å²) in [5, 5.41) is 0. The van der Waals surface area contributed by atoms with Crippen LogP contribution in [-0.2, 0) is 0 Å². The van der Waals surface area contributed by atoms with E-state index in [2.05, 4.69) is 41.0 Å². The number of hydrogen-bond acceptors (Lipinski definition) is 2. The Morgan fingerprint density at radius 3 is 1.96 bits per heavy atom.